The van der Waals surface area contributed by atoms with Gasteiger partial charge in [-0.25, -0.2) is 9.78 Å². The summed E-state index contributed by atoms with van der Waals surface area (Å²) < 4.78 is 0. The number of nitrogens with one attached hydrogen (secondary N) is 19. The second-order valence-electron chi connectivity index (χ2n) is 34.7. The van der Waals surface area contributed by atoms with Gasteiger partial charge in [0.15, 0.2) is 5.96 Å². The van der Waals surface area contributed by atoms with Gasteiger partial charge in [-0.05, 0) is 98.3 Å². The third kappa shape index (κ3) is 45.0. The maximum atomic E-state index is 15.0. The molecule has 0 aliphatic heterocycles. The number of amides is 19. The summed E-state index contributed by atoms with van der Waals surface area (Å²) in [4.78, 5) is 296. The third-order valence-corrected chi connectivity index (χ3v) is 22.5. The lowest BCUT2D eigenvalue weighted by Gasteiger charge is -2.29. The van der Waals surface area contributed by atoms with E-state index < -0.39 is 297 Å². The van der Waals surface area contributed by atoms with Crippen molar-refractivity contribution in [2.75, 3.05) is 38.2 Å². The lowest BCUT2D eigenvalue weighted by molar-refractivity contribution is -0.142. The molecule has 4 aromatic rings. The van der Waals surface area contributed by atoms with E-state index in [-0.39, 0.29) is 88.1 Å². The Morgan fingerprint density at radius 1 is 0.408 bits per heavy atom. The number of aromatic nitrogens is 2. The smallest absolute Gasteiger partial charge is 0.326 e. The van der Waals surface area contributed by atoms with Crippen LogP contribution in [0.4, 0.5) is 0 Å². The number of aromatic amines is 1. The summed E-state index contributed by atoms with van der Waals surface area (Å²) in [5, 5.41) is 89.3. The minimum atomic E-state index is -1.99. The lowest BCUT2D eigenvalue weighted by Crippen LogP contribution is -2.61. The maximum Gasteiger partial charge on any atom is 0.326 e. The minimum Gasteiger partial charge on any atom is -0.481 e. The van der Waals surface area contributed by atoms with Gasteiger partial charge in [-0.3, -0.25) is 101 Å². The molecule has 0 bridgehead atoms. The summed E-state index contributed by atoms with van der Waals surface area (Å²) in [6.07, 6.45) is -3.20. The SMILES string of the molecule is CC[C@H](C)[C@H](NC(=O)[C@H](CO)NC(=O)[C@H](CC(C)C)NC(=O)[C@@H](N)[C@@H](C)O)C(=O)N[C@@H](Cc1ccccc1)C(=O)NCC(=O)N[C@@H](Cc1cnc[nH]1)C(=O)N[C@@H](CCC(N)=O)C(=O)N[C@@H](CCSC)C(=O)N[C@@H](CCCNC(=N)N)C(=O)N[C@@H](Cc1ccccc1)C(=O)N[C@@H](CC(N)=O)C(=O)N[C@@H](CC(C)C)C(=O)N[C@@H](CCC(N)=O)C(=O)N[C@@H](CC(=O)O)C(=O)NCC(=O)N[C@@H](Cc1ccccc1)C(=O)O. The molecule has 142 heavy (non-hydrogen) atoms. The van der Waals surface area contributed by atoms with Gasteiger partial charge in [0.2, 0.25) is 112 Å². The van der Waals surface area contributed by atoms with Gasteiger partial charge in [0.25, 0.3) is 0 Å². The second kappa shape index (κ2) is 62.3. The molecule has 0 radical (unpaired) electrons. The number of hydrogen-bond donors (Lipinski definition) is 28. The number of nitrogens with two attached hydrogens (primary N) is 5. The molecule has 1 heterocycles. The molecule has 50 nitrogen and oxygen atoms in total. The number of thioether (sulfide) groups is 1. The Morgan fingerprint density at radius 2 is 0.768 bits per heavy atom. The van der Waals surface area contributed by atoms with Crippen molar-refractivity contribution in [1.29, 1.82) is 5.41 Å². The Labute approximate surface area is 823 Å². The highest BCUT2D eigenvalue weighted by atomic mass is 32.2. The maximum absolute atomic E-state index is 15.0. The highest BCUT2D eigenvalue weighted by molar-refractivity contribution is 7.98. The number of nitrogens with zero attached hydrogens (tertiary/aromatic N) is 1. The molecule has 0 saturated carbocycles. The predicted molar refractivity (Wildman–Crippen MR) is 514 cm³/mol. The minimum absolute atomic E-state index is 0.0410. The van der Waals surface area contributed by atoms with Gasteiger partial charge < -0.3 is 144 Å². The van der Waals surface area contributed by atoms with E-state index in [2.05, 4.69) is 100 Å². The summed E-state index contributed by atoms with van der Waals surface area (Å²) in [5.41, 5.74) is 29.7. The van der Waals surface area contributed by atoms with Crippen LogP contribution in [0.5, 0.6) is 0 Å². The normalized spacial score (nSPS) is 14.7. The molecule has 780 valence electrons. The number of imidazole rings is 1. The Bertz CT molecular complexity index is 4930. The van der Waals surface area contributed by atoms with Crippen LogP contribution in [-0.4, -0.2) is 296 Å². The molecule has 1 aromatic heterocycles. The van der Waals surface area contributed by atoms with Crippen molar-refractivity contribution in [3.8, 4) is 0 Å². The molecule has 17 atom stereocenters. The van der Waals surface area contributed by atoms with E-state index in [1.165, 1.54) is 31.2 Å². The van der Waals surface area contributed by atoms with Gasteiger partial charge in [0.05, 0.1) is 45.0 Å². The van der Waals surface area contributed by atoms with Crippen molar-refractivity contribution in [2.45, 2.75) is 248 Å². The average molecular weight is 2010 g/mol. The summed E-state index contributed by atoms with van der Waals surface area (Å²) in [5.74, 6) is -25.2. The molecule has 0 fully saturated rings. The van der Waals surface area contributed by atoms with Crippen LogP contribution in [0.15, 0.2) is 104 Å². The van der Waals surface area contributed by atoms with E-state index >= 15 is 4.79 Å². The third-order valence-electron chi connectivity index (χ3n) is 21.9. The number of carboxylic acid groups (broad SMARTS) is 2. The predicted octanol–water partition coefficient (Wildman–Crippen LogP) is -7.48. The highest BCUT2D eigenvalue weighted by Gasteiger charge is 2.40. The number of aliphatic hydroxyl groups is 2. The van der Waals surface area contributed by atoms with Crippen LogP contribution in [0.2, 0.25) is 0 Å². The van der Waals surface area contributed by atoms with Crippen molar-refractivity contribution in [1.82, 2.24) is 100 Å². The van der Waals surface area contributed by atoms with Gasteiger partial charge in [-0.2, -0.15) is 11.8 Å². The van der Waals surface area contributed by atoms with Crippen molar-refractivity contribution in [3.05, 3.63) is 126 Å². The first-order valence-corrected chi connectivity index (χ1v) is 47.3. The van der Waals surface area contributed by atoms with Crippen molar-refractivity contribution in [3.63, 3.8) is 0 Å². The summed E-state index contributed by atoms with van der Waals surface area (Å²) in [6.45, 7) is 8.41. The van der Waals surface area contributed by atoms with Crippen LogP contribution < -0.4 is 119 Å². The number of primary amides is 3. The Hall–Kier alpha value is -14.8. The van der Waals surface area contributed by atoms with Crippen LogP contribution >= 0.6 is 11.8 Å². The molecule has 33 N–H and O–H groups in total. The largest absolute Gasteiger partial charge is 0.481 e. The number of carbonyl (C=O) groups is 21. The van der Waals surface area contributed by atoms with Gasteiger partial charge in [-0.1, -0.05) is 139 Å². The molecule has 3 aromatic carbocycles. The van der Waals surface area contributed by atoms with Gasteiger partial charge in [0, 0.05) is 57.0 Å². The molecule has 0 unspecified atom stereocenters. The molecular formula is C91H135N25O25S. The van der Waals surface area contributed by atoms with Crippen molar-refractivity contribution in [2.24, 2.45) is 46.4 Å². The summed E-state index contributed by atoms with van der Waals surface area (Å²) in [6, 6.07) is -0.419. The number of guanidine groups is 1. The molecule has 0 aliphatic rings. The zero-order valence-electron chi connectivity index (χ0n) is 80.2. The van der Waals surface area contributed by atoms with E-state index in [0.717, 1.165) is 0 Å². The van der Waals surface area contributed by atoms with Crippen LogP contribution in [0.3, 0.4) is 0 Å². The molecule has 51 heteroatoms. The number of H-pyrrole nitrogens is 1. The topological polar surface area (TPSA) is 827 Å². The number of carboxylic acids is 2. The van der Waals surface area contributed by atoms with Gasteiger partial charge in [0.1, 0.15) is 90.6 Å². The Morgan fingerprint density at radius 3 is 1.17 bits per heavy atom. The quantitative estimate of drug-likeness (QED) is 0.0111. The lowest BCUT2D eigenvalue weighted by atomic mass is 9.96. The number of carbonyl (C=O) groups excluding carboxylic acids is 19. The standard InChI is InChI=1S/C91H135N25O25S/c1-9-49(6)75(116-87(137)67(45-117)115-83(133)60(35-48(4)5)113-88(138)74(95)50(7)118)89(139)114-61(36-51-20-13-10-14-21-51)76(126)100-43-71(122)103-63(39-54-42-98-46-102-54)85(135)107-56(27-29-68(92)119)79(129)108-58(31-33-142-8)81(131)105-55(26-19-32-99-91(96)97)78(128)110-62(37-52-22-15-11-16-23-52)84(134)111-64(40-70(94)121)86(136)109-59(34-47(2)3)82(132)106-57(28-30-69(93)120)80(130)112-65(41-73(124)125)77(127)101-44-72(123)104-66(90(140)141)38-53-24-17-12-18-25-53/h10-18,20-25,42,46-50,55-67,74-75,117-118H,9,19,26-41,43-45,95H2,1-8H3,(H2,92,119)(H2,93,120)(H2,94,121)(H,98,102)(H,100,126)(H,101,127)(H,103,122)(H,104,123)(H,105,131)(H,106,132)(H,107,135)(H,108,129)(H,109,136)(H,110,128)(H,111,134)(H,112,130)(H,113,138)(H,114,139)(H,115,133)(H,116,137)(H,124,125)(H,140,141)(H4,96,97,99)/t49-,50+,55-,56-,57-,58-,59-,60-,61-,62-,63-,64-,65-,66-,67-,74-,75-/m0/s1. The monoisotopic (exact) mass is 2010 g/mol. The number of hydrogen-bond acceptors (Lipinski definition) is 27. The Balaban J connectivity index is 1.63. The fourth-order valence-corrected chi connectivity index (χ4v) is 14.5. The average Bonchev–Trinajstić information content (AvgIpc) is 1.02. The van der Waals surface area contributed by atoms with Gasteiger partial charge >= 0.3 is 11.9 Å². The first kappa shape index (κ1) is 120. The summed E-state index contributed by atoms with van der Waals surface area (Å²) >= 11 is 1.21. The zero-order chi connectivity index (χ0) is 106. The Kier molecular flexibility index (Phi) is 52.5. The number of aliphatic hydroxyl groups excluding tert-OH is 2. The molecular weight excluding hydrogens is 1880 g/mol. The van der Waals surface area contributed by atoms with Crippen LogP contribution in [-0.2, 0) is 126 Å². The summed E-state index contributed by atoms with van der Waals surface area (Å²) in [7, 11) is 0. The van der Waals surface area contributed by atoms with E-state index in [4.69, 9.17) is 34.1 Å². The zero-order valence-corrected chi connectivity index (χ0v) is 81.1. The van der Waals surface area contributed by atoms with Crippen LogP contribution in [0.25, 0.3) is 0 Å². The first-order valence-electron chi connectivity index (χ1n) is 45.9. The molecule has 0 spiro atoms. The molecule has 0 saturated heterocycles. The van der Waals surface area contributed by atoms with E-state index in [1.54, 1.807) is 139 Å². The van der Waals surface area contributed by atoms with E-state index in [0.29, 0.717) is 16.7 Å². The van der Waals surface area contributed by atoms with Crippen LogP contribution in [0.1, 0.15) is 148 Å². The van der Waals surface area contributed by atoms with E-state index in [1.807, 2.05) is 0 Å². The van der Waals surface area contributed by atoms with Gasteiger partial charge in [-0.15, -0.1) is 0 Å². The van der Waals surface area contributed by atoms with Crippen molar-refractivity contribution < 1.29 is 121 Å². The van der Waals surface area contributed by atoms with E-state index in [9.17, 15) is 116 Å². The second-order valence-corrected chi connectivity index (χ2v) is 35.6. The number of benzene rings is 3. The molecule has 19 amide bonds. The molecule has 4 rings (SSSR count). The fourth-order valence-electron chi connectivity index (χ4n) is 14.0. The highest BCUT2D eigenvalue weighted by Crippen LogP contribution is 2.17. The number of rotatable bonds is 66. The van der Waals surface area contributed by atoms with Crippen molar-refractivity contribution >= 4 is 142 Å². The van der Waals surface area contributed by atoms with Crippen LogP contribution in [0, 0.1) is 23.2 Å². The fraction of sp³-hybridized carbons (Fsp3) is 0.527. The number of aliphatic carboxylic acids is 2. The molecule has 0 aliphatic carbocycles. The first-order chi connectivity index (χ1) is 67.1.